The van der Waals surface area contributed by atoms with Crippen LogP contribution < -0.4 is 10.6 Å². The summed E-state index contributed by atoms with van der Waals surface area (Å²) in [7, 11) is 1.79. The maximum Gasteiger partial charge on any atom is 0.409 e. The van der Waals surface area contributed by atoms with E-state index in [0.717, 1.165) is 45.0 Å². The molecule has 1 saturated heterocycles. The Balaban J connectivity index is 0.00000450. The highest BCUT2D eigenvalue weighted by Gasteiger charge is 2.24. The zero-order valence-corrected chi connectivity index (χ0v) is 21.1. The Bertz CT molecular complexity index is 659. The van der Waals surface area contributed by atoms with Crippen molar-refractivity contribution in [1.82, 2.24) is 20.4 Å². The van der Waals surface area contributed by atoms with Crippen LogP contribution in [0.4, 0.5) is 4.79 Å². The number of likely N-dealkylation sites (tertiary alicyclic amines) is 1. The van der Waals surface area contributed by atoms with Crippen molar-refractivity contribution in [2.24, 2.45) is 4.99 Å². The second-order valence-corrected chi connectivity index (χ2v) is 7.31. The Kier molecular flexibility index (Phi) is 12.8. The lowest BCUT2D eigenvalue weighted by molar-refractivity contribution is 0.0963. The van der Waals surface area contributed by atoms with E-state index in [1.165, 1.54) is 11.1 Å². The van der Waals surface area contributed by atoms with Gasteiger partial charge in [0, 0.05) is 39.3 Å². The Labute approximate surface area is 198 Å². The molecule has 1 aromatic rings. The molecule has 170 valence electrons. The van der Waals surface area contributed by atoms with Crippen LogP contribution in [0.15, 0.2) is 29.3 Å². The molecule has 0 aliphatic carbocycles. The topological polar surface area (TPSA) is 69.2 Å². The van der Waals surface area contributed by atoms with Crippen LogP contribution in [0.5, 0.6) is 0 Å². The number of aliphatic imine (C=N–C) groups is 1. The lowest BCUT2D eigenvalue weighted by Crippen LogP contribution is -2.49. The number of benzene rings is 1. The van der Waals surface area contributed by atoms with Crippen LogP contribution in [0.25, 0.3) is 0 Å². The first kappa shape index (κ1) is 26.5. The summed E-state index contributed by atoms with van der Waals surface area (Å²) in [6, 6.07) is 9.02. The lowest BCUT2D eigenvalue weighted by atomic mass is 10.1. The number of carbonyl (C=O) groups is 1. The van der Waals surface area contributed by atoms with E-state index in [0.29, 0.717) is 25.7 Å². The number of nitrogens with one attached hydrogen (secondary N) is 2. The molecule has 1 heterocycles. The second-order valence-electron chi connectivity index (χ2n) is 7.31. The largest absolute Gasteiger partial charge is 0.450 e. The molecule has 0 unspecified atom stereocenters. The summed E-state index contributed by atoms with van der Waals surface area (Å²) >= 11 is 0. The molecule has 1 aliphatic heterocycles. The third-order valence-electron chi connectivity index (χ3n) is 5.34. The minimum Gasteiger partial charge on any atom is -0.450 e. The maximum atomic E-state index is 11.8. The van der Waals surface area contributed by atoms with Crippen molar-refractivity contribution in [3.05, 3.63) is 35.4 Å². The molecule has 1 aliphatic rings. The minimum atomic E-state index is -0.210. The van der Waals surface area contributed by atoms with Gasteiger partial charge >= 0.3 is 6.09 Å². The number of ether oxygens (including phenoxy) is 1. The third kappa shape index (κ3) is 8.67. The highest BCUT2D eigenvalue weighted by Crippen LogP contribution is 2.12. The average molecular weight is 531 g/mol. The quantitative estimate of drug-likeness (QED) is 0.306. The number of nitrogens with zero attached hydrogens (tertiary/aromatic N) is 3. The van der Waals surface area contributed by atoms with E-state index in [9.17, 15) is 4.79 Å². The first-order valence-electron chi connectivity index (χ1n) is 10.8. The number of piperidine rings is 1. The lowest BCUT2D eigenvalue weighted by Gasteiger charge is -2.32. The van der Waals surface area contributed by atoms with Crippen molar-refractivity contribution in [3.63, 3.8) is 0 Å². The predicted octanol–water partition coefficient (Wildman–Crippen LogP) is 3.43. The highest BCUT2D eigenvalue weighted by atomic mass is 127. The van der Waals surface area contributed by atoms with Gasteiger partial charge in [-0.1, -0.05) is 38.1 Å². The molecule has 0 saturated carbocycles. The van der Waals surface area contributed by atoms with Gasteiger partial charge in [0.25, 0.3) is 0 Å². The Morgan fingerprint density at radius 1 is 1.20 bits per heavy atom. The van der Waals surface area contributed by atoms with Gasteiger partial charge in [-0.15, -0.1) is 24.0 Å². The van der Waals surface area contributed by atoms with Gasteiger partial charge in [-0.2, -0.15) is 0 Å². The van der Waals surface area contributed by atoms with E-state index < -0.39 is 0 Å². The monoisotopic (exact) mass is 531 g/mol. The van der Waals surface area contributed by atoms with E-state index >= 15 is 0 Å². The molecule has 2 N–H and O–H groups in total. The summed E-state index contributed by atoms with van der Waals surface area (Å²) in [5, 5.41) is 6.90. The molecule has 8 heteroatoms. The van der Waals surface area contributed by atoms with Crippen molar-refractivity contribution < 1.29 is 9.53 Å². The van der Waals surface area contributed by atoms with Crippen LogP contribution in [-0.2, 0) is 17.8 Å². The summed E-state index contributed by atoms with van der Waals surface area (Å²) in [5.41, 5.74) is 2.58. The van der Waals surface area contributed by atoms with Crippen LogP contribution in [0.1, 0.15) is 44.7 Å². The van der Waals surface area contributed by atoms with Gasteiger partial charge in [0.15, 0.2) is 5.96 Å². The van der Waals surface area contributed by atoms with Gasteiger partial charge in [-0.3, -0.25) is 9.89 Å². The summed E-state index contributed by atoms with van der Waals surface area (Å²) in [6.45, 7) is 11.9. The van der Waals surface area contributed by atoms with Gasteiger partial charge in [0.2, 0.25) is 0 Å². The SMILES string of the molecule is CCOC(=O)N1CCC(NC(=NC)NCc2cccc(CN(CC)CC)c2)CC1.I. The van der Waals surface area contributed by atoms with Gasteiger partial charge < -0.3 is 20.3 Å². The van der Waals surface area contributed by atoms with Crippen LogP contribution >= 0.6 is 24.0 Å². The van der Waals surface area contributed by atoms with Gasteiger partial charge in [0.05, 0.1) is 6.61 Å². The molecule has 1 aromatic carbocycles. The molecule has 2 rings (SSSR count). The smallest absolute Gasteiger partial charge is 0.409 e. The molecule has 1 amide bonds. The van der Waals surface area contributed by atoms with Crippen molar-refractivity contribution >= 4 is 36.0 Å². The molecule has 0 atom stereocenters. The Hall–Kier alpha value is -1.55. The summed E-state index contributed by atoms with van der Waals surface area (Å²) in [5.74, 6) is 0.800. The maximum absolute atomic E-state index is 11.8. The number of hydrogen-bond acceptors (Lipinski definition) is 4. The van der Waals surface area contributed by atoms with Crippen LogP contribution in [0.2, 0.25) is 0 Å². The molecule has 0 spiro atoms. The first-order valence-corrected chi connectivity index (χ1v) is 10.8. The molecular weight excluding hydrogens is 493 g/mol. The van der Waals surface area contributed by atoms with Crippen molar-refractivity contribution in [2.75, 3.05) is 39.8 Å². The first-order chi connectivity index (χ1) is 14.1. The number of guanidine groups is 1. The molecule has 0 aromatic heterocycles. The van der Waals surface area contributed by atoms with Gasteiger partial charge in [-0.25, -0.2) is 4.79 Å². The molecule has 0 bridgehead atoms. The fourth-order valence-electron chi connectivity index (χ4n) is 3.54. The Morgan fingerprint density at radius 2 is 1.87 bits per heavy atom. The predicted molar refractivity (Wildman–Crippen MR) is 133 cm³/mol. The van der Waals surface area contributed by atoms with E-state index in [4.69, 9.17) is 4.74 Å². The minimum absolute atomic E-state index is 0. The van der Waals surface area contributed by atoms with E-state index in [1.54, 1.807) is 11.9 Å². The molecule has 0 radical (unpaired) electrons. The average Bonchev–Trinajstić information content (AvgIpc) is 2.75. The van der Waals surface area contributed by atoms with E-state index in [1.807, 2.05) is 6.92 Å². The third-order valence-corrected chi connectivity index (χ3v) is 5.34. The molecule has 30 heavy (non-hydrogen) atoms. The van der Waals surface area contributed by atoms with Crippen molar-refractivity contribution in [2.45, 2.75) is 52.7 Å². The summed E-state index contributed by atoms with van der Waals surface area (Å²) in [6.07, 6.45) is 1.57. The molecular formula is C22H38IN5O2. The van der Waals surface area contributed by atoms with E-state index in [2.05, 4.69) is 58.6 Å². The van der Waals surface area contributed by atoms with Crippen molar-refractivity contribution in [3.8, 4) is 0 Å². The van der Waals surface area contributed by atoms with Crippen LogP contribution in [0, 0.1) is 0 Å². The number of rotatable bonds is 8. The standard InChI is InChI=1S/C22H37N5O2.HI/c1-5-26(6-2)17-19-10-8-9-18(15-19)16-24-21(23-4)25-20-11-13-27(14-12-20)22(28)29-7-3;/h8-10,15,20H,5-7,11-14,16-17H2,1-4H3,(H2,23,24,25);1H. The number of hydrogen-bond donors (Lipinski definition) is 2. The van der Waals surface area contributed by atoms with Crippen molar-refractivity contribution in [1.29, 1.82) is 0 Å². The zero-order chi connectivity index (χ0) is 21.1. The van der Waals surface area contributed by atoms with Crippen LogP contribution in [0.3, 0.4) is 0 Å². The fraction of sp³-hybridized carbons (Fsp3) is 0.636. The van der Waals surface area contributed by atoms with Crippen LogP contribution in [-0.4, -0.2) is 67.7 Å². The summed E-state index contributed by atoms with van der Waals surface area (Å²) < 4.78 is 5.08. The van der Waals surface area contributed by atoms with Gasteiger partial charge in [0.1, 0.15) is 0 Å². The Morgan fingerprint density at radius 3 is 2.47 bits per heavy atom. The second kappa shape index (κ2) is 14.5. The number of halogens is 1. The van der Waals surface area contributed by atoms with Gasteiger partial charge in [-0.05, 0) is 44.0 Å². The molecule has 1 fully saturated rings. The number of amides is 1. The number of carbonyl (C=O) groups excluding carboxylic acids is 1. The molecule has 7 nitrogen and oxygen atoms in total. The fourth-order valence-corrected chi connectivity index (χ4v) is 3.54. The zero-order valence-electron chi connectivity index (χ0n) is 18.8. The summed E-state index contributed by atoms with van der Waals surface area (Å²) in [4.78, 5) is 20.4. The van der Waals surface area contributed by atoms with E-state index in [-0.39, 0.29) is 30.1 Å². The highest BCUT2D eigenvalue weighted by molar-refractivity contribution is 14.0. The normalized spacial score (nSPS) is 15.0.